The van der Waals surface area contributed by atoms with E-state index in [-0.39, 0.29) is 5.91 Å². The summed E-state index contributed by atoms with van der Waals surface area (Å²) in [5, 5.41) is 15.1. The minimum absolute atomic E-state index is 0.190. The Morgan fingerprint density at radius 3 is 2.96 bits per heavy atom. The predicted octanol–water partition coefficient (Wildman–Crippen LogP) is 0.985. The van der Waals surface area contributed by atoms with Gasteiger partial charge in [-0.2, -0.15) is 0 Å². The third-order valence-corrected chi connectivity index (χ3v) is 5.25. The van der Waals surface area contributed by atoms with E-state index in [1.807, 2.05) is 11.9 Å². The van der Waals surface area contributed by atoms with Crippen molar-refractivity contribution in [1.29, 1.82) is 0 Å². The van der Waals surface area contributed by atoms with Gasteiger partial charge in [-0.05, 0) is 39.2 Å². The summed E-state index contributed by atoms with van der Waals surface area (Å²) in [6.07, 6.45) is 5.60. The maximum atomic E-state index is 12.7. The lowest BCUT2D eigenvalue weighted by Crippen LogP contribution is -2.58. The molecule has 140 valence electrons. The molecule has 0 aromatic carbocycles. The van der Waals surface area contributed by atoms with E-state index in [1.165, 1.54) is 12.0 Å². The second kappa shape index (κ2) is 7.85. The van der Waals surface area contributed by atoms with Crippen LogP contribution in [0.25, 0.3) is 0 Å². The number of fused-ring (bicyclic) bond motifs is 1. The number of likely N-dealkylation sites (tertiary alicyclic amines) is 1. The molecule has 7 heteroatoms. The number of ether oxygens (including phenoxy) is 1. The summed E-state index contributed by atoms with van der Waals surface area (Å²) in [7, 11) is 3.54. The van der Waals surface area contributed by atoms with Crippen LogP contribution in [0, 0.1) is 0 Å². The van der Waals surface area contributed by atoms with E-state index in [9.17, 15) is 9.90 Å². The topological polar surface area (TPSA) is 79.0 Å². The number of piperidine rings is 1. The van der Waals surface area contributed by atoms with Crippen LogP contribution in [-0.4, -0.2) is 72.0 Å². The van der Waals surface area contributed by atoms with Crippen LogP contribution >= 0.6 is 0 Å². The molecule has 1 atom stereocenters. The number of aliphatic hydroxyl groups is 1. The number of rotatable bonds is 7. The molecule has 1 aliphatic heterocycles. The summed E-state index contributed by atoms with van der Waals surface area (Å²) in [5.41, 5.74) is 0.840. The molecule has 1 saturated heterocycles. The van der Waals surface area contributed by atoms with Crippen LogP contribution in [0.2, 0.25) is 0 Å². The van der Waals surface area contributed by atoms with Crippen molar-refractivity contribution in [3.05, 3.63) is 17.0 Å². The Morgan fingerprint density at radius 2 is 2.16 bits per heavy atom. The molecule has 0 bridgehead atoms. The van der Waals surface area contributed by atoms with E-state index in [0.29, 0.717) is 39.2 Å². The SMILES string of the molecule is COCCN1CCC[C@](O)(CN(C)Cc2noc3c2CCCC3)C1=O. The number of amides is 1. The Morgan fingerprint density at radius 1 is 1.36 bits per heavy atom. The van der Waals surface area contributed by atoms with Gasteiger partial charge in [-0.15, -0.1) is 0 Å². The number of likely N-dealkylation sites (N-methyl/N-ethyl adjacent to an activating group) is 1. The second-order valence-corrected chi connectivity index (χ2v) is 7.33. The van der Waals surface area contributed by atoms with Gasteiger partial charge in [-0.3, -0.25) is 9.69 Å². The first-order valence-corrected chi connectivity index (χ1v) is 9.19. The number of hydrogen-bond acceptors (Lipinski definition) is 6. The first kappa shape index (κ1) is 18.4. The maximum Gasteiger partial charge on any atom is 0.255 e. The standard InChI is InChI=1S/C18H29N3O4/c1-20(12-15-14-6-3-4-7-16(14)25-19-15)13-18(23)8-5-9-21(17(18)22)10-11-24-2/h23H,3-13H2,1-2H3/t18-/m0/s1. The summed E-state index contributed by atoms with van der Waals surface area (Å²) >= 11 is 0. The highest BCUT2D eigenvalue weighted by Crippen LogP contribution is 2.27. The largest absolute Gasteiger partial charge is 0.383 e. The highest BCUT2D eigenvalue weighted by atomic mass is 16.5. The molecule has 1 aromatic heterocycles. The van der Waals surface area contributed by atoms with Gasteiger partial charge in [-0.25, -0.2) is 0 Å². The van der Waals surface area contributed by atoms with Gasteiger partial charge in [0.25, 0.3) is 5.91 Å². The quantitative estimate of drug-likeness (QED) is 0.789. The second-order valence-electron chi connectivity index (χ2n) is 7.33. The van der Waals surface area contributed by atoms with E-state index in [4.69, 9.17) is 9.26 Å². The monoisotopic (exact) mass is 351 g/mol. The highest BCUT2D eigenvalue weighted by molar-refractivity contribution is 5.86. The molecule has 0 unspecified atom stereocenters. The lowest BCUT2D eigenvalue weighted by molar-refractivity contribution is -0.160. The number of carbonyl (C=O) groups excluding carboxylic acids is 1. The molecule has 1 aromatic rings. The fourth-order valence-electron chi connectivity index (χ4n) is 3.96. The zero-order valence-electron chi connectivity index (χ0n) is 15.3. The number of nitrogens with zero attached hydrogens (tertiary/aromatic N) is 3. The molecule has 1 amide bonds. The van der Waals surface area contributed by atoms with Crippen molar-refractivity contribution in [2.75, 3.05) is 40.4 Å². The molecule has 0 radical (unpaired) electrons. The molecular formula is C18H29N3O4. The Hall–Kier alpha value is -1.44. The molecule has 1 N–H and O–H groups in total. The van der Waals surface area contributed by atoms with Gasteiger partial charge >= 0.3 is 0 Å². The van der Waals surface area contributed by atoms with Gasteiger partial charge in [0.15, 0.2) is 5.60 Å². The van der Waals surface area contributed by atoms with Crippen molar-refractivity contribution in [1.82, 2.24) is 15.0 Å². The van der Waals surface area contributed by atoms with Gasteiger partial charge in [-0.1, -0.05) is 5.16 Å². The highest BCUT2D eigenvalue weighted by Gasteiger charge is 2.42. The number of aromatic nitrogens is 1. The molecule has 2 aliphatic rings. The molecular weight excluding hydrogens is 322 g/mol. The van der Waals surface area contributed by atoms with Gasteiger partial charge in [0.1, 0.15) is 11.5 Å². The van der Waals surface area contributed by atoms with Crippen LogP contribution in [-0.2, 0) is 28.9 Å². The van der Waals surface area contributed by atoms with Crippen molar-refractivity contribution < 1.29 is 19.2 Å². The lowest BCUT2D eigenvalue weighted by Gasteiger charge is -2.40. The number of aryl methyl sites for hydroxylation is 1. The fraction of sp³-hybridized carbons (Fsp3) is 0.778. The number of carbonyl (C=O) groups is 1. The van der Waals surface area contributed by atoms with E-state index in [2.05, 4.69) is 5.16 Å². The van der Waals surface area contributed by atoms with Crippen LogP contribution in [0.4, 0.5) is 0 Å². The maximum absolute atomic E-state index is 12.7. The van der Waals surface area contributed by atoms with Crippen LogP contribution < -0.4 is 0 Å². The Labute approximate surface area is 148 Å². The zero-order valence-corrected chi connectivity index (χ0v) is 15.3. The first-order valence-electron chi connectivity index (χ1n) is 9.19. The first-order chi connectivity index (χ1) is 12.0. The summed E-state index contributed by atoms with van der Waals surface area (Å²) in [6, 6.07) is 0. The van der Waals surface area contributed by atoms with Crippen molar-refractivity contribution >= 4 is 5.91 Å². The molecule has 0 saturated carbocycles. The Kier molecular flexibility index (Phi) is 5.76. The zero-order chi connectivity index (χ0) is 17.9. The van der Waals surface area contributed by atoms with E-state index in [1.54, 1.807) is 12.0 Å². The summed E-state index contributed by atoms with van der Waals surface area (Å²) in [5.74, 6) is 0.817. The van der Waals surface area contributed by atoms with E-state index < -0.39 is 5.60 Å². The third-order valence-electron chi connectivity index (χ3n) is 5.25. The van der Waals surface area contributed by atoms with E-state index >= 15 is 0 Å². The normalized spacial score (nSPS) is 24.0. The van der Waals surface area contributed by atoms with Crippen molar-refractivity contribution in [2.45, 2.75) is 50.7 Å². The Bertz CT molecular complexity index is 603. The average molecular weight is 351 g/mol. The number of hydrogen-bond donors (Lipinski definition) is 1. The van der Waals surface area contributed by atoms with E-state index in [0.717, 1.165) is 37.1 Å². The van der Waals surface area contributed by atoms with Crippen molar-refractivity contribution in [3.8, 4) is 0 Å². The summed E-state index contributed by atoms with van der Waals surface area (Å²) < 4.78 is 10.5. The van der Waals surface area contributed by atoms with Crippen LogP contribution in [0.3, 0.4) is 0 Å². The lowest BCUT2D eigenvalue weighted by atomic mass is 9.91. The van der Waals surface area contributed by atoms with Gasteiger partial charge < -0.3 is 19.3 Å². The minimum atomic E-state index is -1.33. The predicted molar refractivity (Wildman–Crippen MR) is 92.1 cm³/mol. The van der Waals surface area contributed by atoms with Gasteiger partial charge in [0.2, 0.25) is 0 Å². The molecule has 1 fully saturated rings. The molecule has 1 aliphatic carbocycles. The molecule has 7 nitrogen and oxygen atoms in total. The van der Waals surface area contributed by atoms with Crippen LogP contribution in [0.1, 0.15) is 42.7 Å². The van der Waals surface area contributed by atoms with Gasteiger partial charge in [0, 0.05) is 45.3 Å². The minimum Gasteiger partial charge on any atom is -0.383 e. The molecule has 3 rings (SSSR count). The van der Waals surface area contributed by atoms with Crippen molar-refractivity contribution in [3.63, 3.8) is 0 Å². The summed E-state index contributed by atoms with van der Waals surface area (Å²) in [6.45, 7) is 2.59. The Balaban J connectivity index is 1.62. The van der Waals surface area contributed by atoms with Crippen LogP contribution in [0.15, 0.2) is 4.52 Å². The summed E-state index contributed by atoms with van der Waals surface area (Å²) in [4.78, 5) is 16.4. The van der Waals surface area contributed by atoms with Crippen LogP contribution in [0.5, 0.6) is 0 Å². The molecule has 25 heavy (non-hydrogen) atoms. The average Bonchev–Trinajstić information content (AvgIpc) is 2.99. The smallest absolute Gasteiger partial charge is 0.255 e. The fourth-order valence-corrected chi connectivity index (χ4v) is 3.96. The van der Waals surface area contributed by atoms with Crippen molar-refractivity contribution in [2.24, 2.45) is 0 Å². The van der Waals surface area contributed by atoms with Gasteiger partial charge in [0.05, 0.1) is 6.61 Å². The third kappa shape index (κ3) is 4.04. The molecule has 0 spiro atoms. The molecule has 2 heterocycles. The number of methoxy groups -OCH3 is 1.